The zero-order valence-electron chi connectivity index (χ0n) is 14.1. The Labute approximate surface area is 157 Å². The summed E-state index contributed by atoms with van der Waals surface area (Å²) in [4.78, 5) is 13.3. The second-order valence-corrected chi connectivity index (χ2v) is 9.19. The van der Waals surface area contributed by atoms with Gasteiger partial charge < -0.3 is 5.32 Å². The van der Waals surface area contributed by atoms with Crippen LogP contribution in [-0.2, 0) is 14.8 Å². The summed E-state index contributed by atoms with van der Waals surface area (Å²) in [5.74, 6) is 0.00795. The van der Waals surface area contributed by atoms with Crippen molar-refractivity contribution in [2.75, 3.05) is 25.2 Å². The molecule has 5 nitrogen and oxygen atoms in total. The smallest absolute Gasteiger partial charge is 0.242 e. The van der Waals surface area contributed by atoms with Crippen molar-refractivity contribution < 1.29 is 13.2 Å². The van der Waals surface area contributed by atoms with Crippen LogP contribution in [0, 0.1) is 6.92 Å². The van der Waals surface area contributed by atoms with Crippen molar-refractivity contribution in [2.24, 2.45) is 0 Å². The van der Waals surface area contributed by atoms with Crippen LogP contribution in [0.25, 0.3) is 0 Å². The molecule has 2 rings (SSSR count). The fraction of sp³-hybridized carbons (Fsp3) is 0.235. The fourth-order valence-corrected chi connectivity index (χ4v) is 3.73. The van der Waals surface area contributed by atoms with E-state index in [-0.39, 0.29) is 16.6 Å². The lowest BCUT2D eigenvalue weighted by molar-refractivity contribution is -0.113. The van der Waals surface area contributed by atoms with Crippen LogP contribution >= 0.6 is 23.4 Å². The van der Waals surface area contributed by atoms with Gasteiger partial charge in [-0.05, 0) is 48.9 Å². The number of carbonyl (C=O) groups is 1. The molecule has 25 heavy (non-hydrogen) atoms. The molecule has 0 bridgehead atoms. The normalized spacial score (nSPS) is 11.6. The molecule has 2 aromatic carbocycles. The number of anilines is 1. The van der Waals surface area contributed by atoms with Crippen molar-refractivity contribution in [2.45, 2.75) is 16.7 Å². The molecule has 0 saturated carbocycles. The van der Waals surface area contributed by atoms with Crippen molar-refractivity contribution in [1.29, 1.82) is 0 Å². The minimum Gasteiger partial charge on any atom is -0.325 e. The number of sulfonamides is 1. The Morgan fingerprint density at radius 2 is 1.80 bits per heavy atom. The van der Waals surface area contributed by atoms with Gasteiger partial charge in [0.2, 0.25) is 15.9 Å². The molecule has 0 heterocycles. The lowest BCUT2D eigenvalue weighted by Gasteiger charge is -2.14. The molecule has 0 aliphatic heterocycles. The van der Waals surface area contributed by atoms with Crippen LogP contribution in [-0.4, -0.2) is 38.5 Å². The van der Waals surface area contributed by atoms with Gasteiger partial charge in [-0.1, -0.05) is 17.7 Å². The average Bonchev–Trinajstić information content (AvgIpc) is 2.56. The van der Waals surface area contributed by atoms with Crippen LogP contribution in [0.1, 0.15) is 5.56 Å². The number of halogens is 1. The summed E-state index contributed by atoms with van der Waals surface area (Å²) in [6, 6.07) is 11.9. The zero-order chi connectivity index (χ0) is 18.6. The maximum absolute atomic E-state index is 12.2. The van der Waals surface area contributed by atoms with Crippen molar-refractivity contribution in [3.05, 3.63) is 53.1 Å². The average molecular weight is 399 g/mol. The minimum absolute atomic E-state index is 0.142. The van der Waals surface area contributed by atoms with Gasteiger partial charge in [0, 0.05) is 29.7 Å². The van der Waals surface area contributed by atoms with Gasteiger partial charge in [-0.15, -0.1) is 11.8 Å². The topological polar surface area (TPSA) is 66.5 Å². The highest BCUT2D eigenvalue weighted by molar-refractivity contribution is 8.00. The second kappa shape index (κ2) is 8.23. The fourth-order valence-electron chi connectivity index (χ4n) is 1.97. The number of carbonyl (C=O) groups excluding carboxylic acids is 1. The first kappa shape index (κ1) is 19.8. The summed E-state index contributed by atoms with van der Waals surface area (Å²) in [6.07, 6.45) is 0. The summed E-state index contributed by atoms with van der Waals surface area (Å²) < 4.78 is 25.6. The zero-order valence-corrected chi connectivity index (χ0v) is 16.5. The van der Waals surface area contributed by atoms with E-state index in [1.165, 1.54) is 38.0 Å². The van der Waals surface area contributed by atoms with Gasteiger partial charge in [-0.25, -0.2) is 12.7 Å². The lowest BCUT2D eigenvalue weighted by Crippen LogP contribution is -2.22. The number of rotatable bonds is 6. The Bertz CT molecular complexity index is 866. The Morgan fingerprint density at radius 3 is 2.40 bits per heavy atom. The van der Waals surface area contributed by atoms with Crippen molar-refractivity contribution in [1.82, 2.24) is 4.31 Å². The molecule has 1 N–H and O–H groups in total. The highest BCUT2D eigenvalue weighted by atomic mass is 35.5. The monoisotopic (exact) mass is 398 g/mol. The Balaban J connectivity index is 2.08. The van der Waals surface area contributed by atoms with Crippen LogP contribution in [0.3, 0.4) is 0 Å². The van der Waals surface area contributed by atoms with Gasteiger partial charge in [-0.2, -0.15) is 0 Å². The second-order valence-electron chi connectivity index (χ2n) is 5.55. The third-order valence-electron chi connectivity index (χ3n) is 3.45. The first-order valence-corrected chi connectivity index (χ1v) is 10.2. The first-order chi connectivity index (χ1) is 11.7. The maximum Gasteiger partial charge on any atom is 0.242 e. The minimum atomic E-state index is -3.55. The molecular weight excluding hydrogens is 380 g/mol. The summed E-state index contributed by atoms with van der Waals surface area (Å²) in [5, 5.41) is 3.42. The van der Waals surface area contributed by atoms with Gasteiger partial charge in [-0.3, -0.25) is 4.79 Å². The predicted molar refractivity (Wildman–Crippen MR) is 103 cm³/mol. The van der Waals surface area contributed by atoms with E-state index in [9.17, 15) is 13.2 Å². The van der Waals surface area contributed by atoms with E-state index >= 15 is 0 Å². The third kappa shape index (κ3) is 5.22. The van der Waals surface area contributed by atoms with Gasteiger partial charge >= 0.3 is 0 Å². The summed E-state index contributed by atoms with van der Waals surface area (Å²) in [6.45, 7) is 1.81. The van der Waals surface area contributed by atoms with E-state index < -0.39 is 10.0 Å². The first-order valence-electron chi connectivity index (χ1n) is 7.41. The largest absolute Gasteiger partial charge is 0.325 e. The molecule has 0 radical (unpaired) electrons. The molecule has 1 amide bonds. The SMILES string of the molecule is Cc1ccc(S(=O)(=O)N(C)C)cc1NC(=O)CSc1ccc(Cl)cc1. The van der Waals surface area contributed by atoms with Crippen LogP contribution in [0.15, 0.2) is 52.3 Å². The van der Waals surface area contributed by atoms with Gasteiger partial charge in [0.1, 0.15) is 0 Å². The van der Waals surface area contributed by atoms with E-state index in [1.807, 2.05) is 19.1 Å². The number of hydrogen-bond donors (Lipinski definition) is 1. The molecule has 0 atom stereocenters. The number of thioether (sulfide) groups is 1. The molecule has 8 heteroatoms. The quantitative estimate of drug-likeness (QED) is 0.754. The number of aryl methyl sites for hydroxylation is 1. The highest BCUT2D eigenvalue weighted by Gasteiger charge is 2.18. The van der Waals surface area contributed by atoms with E-state index in [4.69, 9.17) is 11.6 Å². The Hall–Kier alpha value is -1.54. The molecule has 2 aromatic rings. The van der Waals surface area contributed by atoms with E-state index in [1.54, 1.807) is 18.2 Å². The molecule has 0 unspecified atom stereocenters. The van der Waals surface area contributed by atoms with Crippen molar-refractivity contribution in [3.63, 3.8) is 0 Å². The van der Waals surface area contributed by atoms with Gasteiger partial charge in [0.05, 0.1) is 10.6 Å². The number of amides is 1. The summed E-state index contributed by atoms with van der Waals surface area (Å²) >= 11 is 7.21. The predicted octanol–water partition coefficient (Wildman–Crippen LogP) is 3.63. The van der Waals surface area contributed by atoms with Crippen molar-refractivity contribution in [3.8, 4) is 0 Å². The molecular formula is C17H19ClN2O3S2. The van der Waals surface area contributed by atoms with Gasteiger partial charge in [0.25, 0.3) is 0 Å². The molecule has 0 fully saturated rings. The van der Waals surface area contributed by atoms with E-state index in [2.05, 4.69) is 5.32 Å². The standard InChI is InChI=1S/C17H19ClN2O3S2/c1-12-4-9-15(25(22,23)20(2)3)10-16(12)19-17(21)11-24-14-7-5-13(18)6-8-14/h4-10H,11H2,1-3H3,(H,19,21). The molecule has 0 spiro atoms. The van der Waals surface area contributed by atoms with Crippen LogP contribution in [0.2, 0.25) is 5.02 Å². The summed E-state index contributed by atoms with van der Waals surface area (Å²) in [7, 11) is -0.610. The van der Waals surface area contributed by atoms with E-state index in [0.717, 1.165) is 14.8 Å². The number of nitrogens with one attached hydrogen (secondary N) is 1. The third-order valence-corrected chi connectivity index (χ3v) is 6.52. The van der Waals surface area contributed by atoms with Crippen molar-refractivity contribution >= 4 is 45.0 Å². The molecule has 0 aliphatic rings. The number of hydrogen-bond acceptors (Lipinski definition) is 4. The number of nitrogens with zero attached hydrogens (tertiary/aromatic N) is 1. The summed E-state index contributed by atoms with van der Waals surface area (Å²) in [5.41, 5.74) is 1.28. The van der Waals surface area contributed by atoms with Crippen LogP contribution in [0.5, 0.6) is 0 Å². The van der Waals surface area contributed by atoms with Gasteiger partial charge in [0.15, 0.2) is 0 Å². The maximum atomic E-state index is 12.2. The Morgan fingerprint density at radius 1 is 1.16 bits per heavy atom. The molecule has 0 aliphatic carbocycles. The molecule has 0 saturated heterocycles. The Kier molecular flexibility index (Phi) is 6.51. The van der Waals surface area contributed by atoms with Crippen LogP contribution < -0.4 is 5.32 Å². The van der Waals surface area contributed by atoms with E-state index in [0.29, 0.717) is 10.7 Å². The molecule has 134 valence electrons. The number of benzene rings is 2. The lowest BCUT2D eigenvalue weighted by atomic mass is 10.2. The molecule has 0 aromatic heterocycles. The highest BCUT2D eigenvalue weighted by Crippen LogP contribution is 2.24. The van der Waals surface area contributed by atoms with Crippen LogP contribution in [0.4, 0.5) is 5.69 Å².